The zero-order valence-electron chi connectivity index (χ0n) is 8.49. The van der Waals surface area contributed by atoms with Gasteiger partial charge >= 0.3 is 0 Å². The molecule has 1 rings (SSSR count). The van der Waals surface area contributed by atoms with Crippen LogP contribution in [-0.2, 0) is 0 Å². The largest absolute Gasteiger partial charge is 0.398 e. The monoisotopic (exact) mass is 211 g/mol. The number of unbranched alkanes of at least 4 members (excludes halogenated alkanes) is 1. The number of aliphatic hydroxyl groups excluding tert-OH is 1. The third-order valence-electron chi connectivity index (χ3n) is 2.14. The van der Waals surface area contributed by atoms with Crippen molar-refractivity contribution in [3.63, 3.8) is 0 Å². The molecule has 0 aliphatic carbocycles. The van der Waals surface area contributed by atoms with Crippen LogP contribution in [0.2, 0.25) is 0 Å². The molecule has 0 spiro atoms. The van der Waals surface area contributed by atoms with E-state index in [2.05, 4.69) is 6.07 Å². The van der Waals surface area contributed by atoms with Crippen molar-refractivity contribution in [2.24, 2.45) is 0 Å². The summed E-state index contributed by atoms with van der Waals surface area (Å²) in [6, 6.07) is 6.00. The van der Waals surface area contributed by atoms with Gasteiger partial charge in [-0.2, -0.15) is 0 Å². The van der Waals surface area contributed by atoms with Gasteiger partial charge in [0.25, 0.3) is 0 Å². The van der Waals surface area contributed by atoms with Crippen LogP contribution in [-0.4, -0.2) is 17.5 Å². The summed E-state index contributed by atoms with van der Waals surface area (Å²) in [5, 5.41) is 8.63. The molecule has 3 N–H and O–H groups in total. The van der Waals surface area contributed by atoms with Crippen molar-refractivity contribution in [1.29, 1.82) is 0 Å². The van der Waals surface area contributed by atoms with Gasteiger partial charge in [-0.3, -0.25) is 0 Å². The molecular weight excluding hydrogens is 194 g/mol. The van der Waals surface area contributed by atoms with E-state index in [1.165, 1.54) is 10.5 Å². The molecule has 2 nitrogen and oxygen atoms in total. The summed E-state index contributed by atoms with van der Waals surface area (Å²) >= 11 is 1.81. The van der Waals surface area contributed by atoms with E-state index in [0.717, 1.165) is 24.3 Å². The Morgan fingerprint density at radius 2 is 2.14 bits per heavy atom. The fourth-order valence-corrected chi connectivity index (χ4v) is 2.26. The molecule has 0 unspecified atom stereocenters. The first kappa shape index (κ1) is 11.4. The number of aliphatic hydroxyl groups is 1. The van der Waals surface area contributed by atoms with Gasteiger partial charge in [-0.15, -0.1) is 11.8 Å². The van der Waals surface area contributed by atoms with Gasteiger partial charge in [-0.25, -0.2) is 0 Å². The minimum atomic E-state index is 0.288. The number of thioether (sulfide) groups is 1. The molecule has 0 saturated carbocycles. The van der Waals surface area contributed by atoms with Gasteiger partial charge in [0.2, 0.25) is 0 Å². The van der Waals surface area contributed by atoms with Crippen LogP contribution in [0.25, 0.3) is 0 Å². The van der Waals surface area contributed by atoms with Gasteiger partial charge in [0.15, 0.2) is 0 Å². The van der Waals surface area contributed by atoms with Crippen LogP contribution in [0.3, 0.4) is 0 Å². The molecule has 3 heteroatoms. The predicted octanol–water partition coefficient (Wildman–Crippen LogP) is 2.44. The number of hydrogen-bond acceptors (Lipinski definition) is 3. The Morgan fingerprint density at radius 3 is 2.86 bits per heavy atom. The number of anilines is 1. The lowest BCUT2D eigenvalue weighted by atomic mass is 10.2. The fourth-order valence-electron chi connectivity index (χ4n) is 1.18. The summed E-state index contributed by atoms with van der Waals surface area (Å²) in [6.45, 7) is 2.33. The molecule has 0 amide bonds. The Balaban J connectivity index is 2.46. The molecule has 78 valence electrons. The maximum absolute atomic E-state index is 8.63. The molecular formula is C11H17NOS. The lowest BCUT2D eigenvalue weighted by molar-refractivity contribution is 0.287. The molecule has 1 aromatic carbocycles. The maximum atomic E-state index is 8.63. The molecule has 1 aromatic rings. The maximum Gasteiger partial charge on any atom is 0.0431 e. The zero-order valence-corrected chi connectivity index (χ0v) is 9.31. The predicted molar refractivity (Wildman–Crippen MR) is 62.6 cm³/mol. The van der Waals surface area contributed by atoms with Crippen molar-refractivity contribution in [3.8, 4) is 0 Å². The van der Waals surface area contributed by atoms with E-state index in [1.54, 1.807) is 0 Å². The van der Waals surface area contributed by atoms with Gasteiger partial charge in [0, 0.05) is 17.2 Å². The first-order valence-corrected chi connectivity index (χ1v) is 5.83. The van der Waals surface area contributed by atoms with Crippen molar-refractivity contribution in [2.45, 2.75) is 24.7 Å². The van der Waals surface area contributed by atoms with E-state index >= 15 is 0 Å². The van der Waals surface area contributed by atoms with Crippen LogP contribution >= 0.6 is 11.8 Å². The van der Waals surface area contributed by atoms with Gasteiger partial charge in [0.1, 0.15) is 0 Å². The molecule has 0 aromatic heterocycles. The molecule has 0 radical (unpaired) electrons. The Bertz CT molecular complexity index is 289. The Hall–Kier alpha value is -0.670. The Kier molecular flexibility index (Phi) is 4.84. The van der Waals surface area contributed by atoms with Gasteiger partial charge in [-0.1, -0.05) is 6.07 Å². The molecule has 0 atom stereocenters. The highest BCUT2D eigenvalue weighted by atomic mass is 32.2. The summed E-state index contributed by atoms with van der Waals surface area (Å²) in [6.07, 6.45) is 1.93. The van der Waals surface area contributed by atoms with Crippen LogP contribution in [0.1, 0.15) is 18.4 Å². The van der Waals surface area contributed by atoms with Crippen molar-refractivity contribution < 1.29 is 5.11 Å². The second-order valence-corrected chi connectivity index (χ2v) is 4.39. The minimum absolute atomic E-state index is 0.288. The Morgan fingerprint density at radius 1 is 1.36 bits per heavy atom. The molecule has 0 saturated heterocycles. The molecule has 0 aliphatic rings. The van der Waals surface area contributed by atoms with Crippen LogP contribution in [0, 0.1) is 6.92 Å². The quantitative estimate of drug-likeness (QED) is 0.447. The van der Waals surface area contributed by atoms with Crippen LogP contribution in [0.5, 0.6) is 0 Å². The van der Waals surface area contributed by atoms with E-state index in [4.69, 9.17) is 10.8 Å². The molecule has 0 heterocycles. The highest BCUT2D eigenvalue weighted by molar-refractivity contribution is 7.99. The summed E-state index contributed by atoms with van der Waals surface area (Å²) in [4.78, 5) is 1.25. The molecule has 14 heavy (non-hydrogen) atoms. The smallest absolute Gasteiger partial charge is 0.0431 e. The second-order valence-electron chi connectivity index (χ2n) is 3.25. The second kappa shape index (κ2) is 5.94. The van der Waals surface area contributed by atoms with Crippen molar-refractivity contribution in [1.82, 2.24) is 0 Å². The average Bonchev–Trinajstić information content (AvgIpc) is 2.19. The summed E-state index contributed by atoms with van der Waals surface area (Å²) in [5.41, 5.74) is 7.82. The van der Waals surface area contributed by atoms with Crippen molar-refractivity contribution >= 4 is 17.4 Å². The van der Waals surface area contributed by atoms with Crippen LogP contribution in [0.4, 0.5) is 5.69 Å². The lowest BCUT2D eigenvalue weighted by Gasteiger charge is -2.07. The van der Waals surface area contributed by atoms with Crippen LogP contribution in [0.15, 0.2) is 23.1 Å². The first-order chi connectivity index (χ1) is 6.75. The molecule has 0 fully saturated rings. The van der Waals surface area contributed by atoms with Crippen LogP contribution < -0.4 is 5.73 Å². The number of hydrogen-bond donors (Lipinski definition) is 2. The van der Waals surface area contributed by atoms with Gasteiger partial charge < -0.3 is 10.8 Å². The average molecular weight is 211 g/mol. The molecule has 0 aliphatic heterocycles. The highest BCUT2D eigenvalue weighted by Crippen LogP contribution is 2.26. The van der Waals surface area contributed by atoms with E-state index in [0.29, 0.717) is 0 Å². The van der Waals surface area contributed by atoms with Gasteiger partial charge in [0.05, 0.1) is 0 Å². The lowest BCUT2D eigenvalue weighted by Crippen LogP contribution is -1.92. The topological polar surface area (TPSA) is 46.2 Å². The van der Waals surface area contributed by atoms with Crippen molar-refractivity contribution in [2.75, 3.05) is 18.1 Å². The van der Waals surface area contributed by atoms with E-state index < -0.39 is 0 Å². The summed E-state index contributed by atoms with van der Waals surface area (Å²) in [5.74, 6) is 1.05. The number of benzene rings is 1. The zero-order chi connectivity index (χ0) is 10.4. The third kappa shape index (κ3) is 3.24. The molecule has 0 bridgehead atoms. The number of nitrogens with two attached hydrogens (primary N) is 1. The standard InChI is InChI=1S/C11H17NOS/c1-9-10(12)5-4-6-11(9)14-8-3-2-7-13/h4-6,13H,2-3,7-8,12H2,1H3. The fraction of sp³-hybridized carbons (Fsp3) is 0.455. The first-order valence-electron chi connectivity index (χ1n) is 4.84. The number of rotatable bonds is 5. The SMILES string of the molecule is Cc1c(N)cccc1SCCCCO. The summed E-state index contributed by atoms with van der Waals surface area (Å²) in [7, 11) is 0. The van der Waals surface area contributed by atoms with E-state index in [-0.39, 0.29) is 6.61 Å². The summed E-state index contributed by atoms with van der Waals surface area (Å²) < 4.78 is 0. The highest BCUT2D eigenvalue weighted by Gasteiger charge is 2.00. The van der Waals surface area contributed by atoms with Crippen molar-refractivity contribution in [3.05, 3.63) is 23.8 Å². The normalized spacial score (nSPS) is 10.4. The third-order valence-corrected chi connectivity index (χ3v) is 3.38. The van der Waals surface area contributed by atoms with E-state index in [1.807, 2.05) is 30.8 Å². The Labute approximate surface area is 89.5 Å². The van der Waals surface area contributed by atoms with E-state index in [9.17, 15) is 0 Å². The minimum Gasteiger partial charge on any atom is -0.398 e. The van der Waals surface area contributed by atoms with Gasteiger partial charge in [-0.05, 0) is 43.2 Å². The number of nitrogen functional groups attached to an aromatic ring is 1.